The number of carbonyl (C=O) groups is 1. The van der Waals surface area contributed by atoms with Crippen molar-refractivity contribution in [3.8, 4) is 0 Å². The Labute approximate surface area is 120 Å². The van der Waals surface area contributed by atoms with Gasteiger partial charge in [-0.15, -0.1) is 0 Å². The van der Waals surface area contributed by atoms with Crippen LogP contribution in [0.4, 0.5) is 0 Å². The summed E-state index contributed by atoms with van der Waals surface area (Å²) in [5.41, 5.74) is 2.34. The first-order valence-corrected chi connectivity index (χ1v) is 7.09. The van der Waals surface area contributed by atoms with E-state index >= 15 is 0 Å². The number of ketones is 1. The molecule has 1 N–H and O–H groups in total. The molecule has 0 heterocycles. The summed E-state index contributed by atoms with van der Waals surface area (Å²) in [4.78, 5) is 12.3. The molecule has 1 unspecified atom stereocenters. The van der Waals surface area contributed by atoms with Crippen LogP contribution < -0.4 is 0 Å². The zero-order valence-corrected chi connectivity index (χ0v) is 11.8. The maximum absolute atomic E-state index is 12.3. The lowest BCUT2D eigenvalue weighted by Gasteiger charge is -2.14. The van der Waals surface area contributed by atoms with Gasteiger partial charge in [0.1, 0.15) is 6.10 Å². The van der Waals surface area contributed by atoms with Gasteiger partial charge < -0.3 is 5.11 Å². The molecule has 0 saturated heterocycles. The Balaban J connectivity index is 2.24. The summed E-state index contributed by atoms with van der Waals surface area (Å²) in [6.45, 7) is 2.13. The summed E-state index contributed by atoms with van der Waals surface area (Å²) in [5, 5.41) is 10.4. The van der Waals surface area contributed by atoms with E-state index in [0.717, 1.165) is 30.4 Å². The minimum absolute atomic E-state index is 0.241. The van der Waals surface area contributed by atoms with E-state index in [1.807, 2.05) is 42.5 Å². The smallest absolute Gasteiger partial charge is 0.195 e. The van der Waals surface area contributed by atoms with Crippen molar-refractivity contribution in [3.63, 3.8) is 0 Å². The molecule has 0 spiro atoms. The summed E-state index contributed by atoms with van der Waals surface area (Å²) < 4.78 is 0. The number of benzene rings is 2. The fraction of sp³-hybridized carbons (Fsp3) is 0.278. The Morgan fingerprint density at radius 3 is 2.40 bits per heavy atom. The lowest BCUT2D eigenvalue weighted by Crippen LogP contribution is -2.14. The van der Waals surface area contributed by atoms with Gasteiger partial charge in [0, 0.05) is 5.56 Å². The van der Waals surface area contributed by atoms with Crippen LogP contribution >= 0.6 is 0 Å². The normalized spacial score (nSPS) is 12.1. The molecule has 0 aromatic heterocycles. The molecule has 1 atom stereocenters. The molecule has 0 radical (unpaired) electrons. The highest BCUT2D eigenvalue weighted by Gasteiger charge is 2.21. The van der Waals surface area contributed by atoms with Crippen molar-refractivity contribution < 1.29 is 9.90 Å². The van der Waals surface area contributed by atoms with Gasteiger partial charge in [0.2, 0.25) is 0 Å². The monoisotopic (exact) mass is 268 g/mol. The summed E-state index contributed by atoms with van der Waals surface area (Å²) in [5.74, 6) is -0.241. The van der Waals surface area contributed by atoms with Crippen molar-refractivity contribution in [2.75, 3.05) is 0 Å². The SMILES string of the molecule is CCCCc1ccccc1C(O)C(=O)c1ccccc1. The lowest BCUT2D eigenvalue weighted by atomic mass is 9.93. The number of aliphatic hydroxyl groups is 1. The van der Waals surface area contributed by atoms with Gasteiger partial charge in [0.05, 0.1) is 0 Å². The summed E-state index contributed by atoms with van der Waals surface area (Å²) in [6, 6.07) is 16.6. The highest BCUT2D eigenvalue weighted by molar-refractivity contribution is 6.00. The van der Waals surface area contributed by atoms with Crippen molar-refractivity contribution in [1.29, 1.82) is 0 Å². The number of hydrogen-bond acceptors (Lipinski definition) is 2. The highest BCUT2D eigenvalue weighted by atomic mass is 16.3. The average Bonchev–Trinajstić information content (AvgIpc) is 2.52. The molecule has 0 aliphatic heterocycles. The first-order valence-electron chi connectivity index (χ1n) is 7.09. The topological polar surface area (TPSA) is 37.3 Å². The van der Waals surface area contributed by atoms with Crippen LogP contribution in [-0.2, 0) is 6.42 Å². The largest absolute Gasteiger partial charge is 0.380 e. The van der Waals surface area contributed by atoms with Crippen molar-refractivity contribution in [1.82, 2.24) is 0 Å². The Kier molecular flexibility index (Phi) is 5.08. The van der Waals surface area contributed by atoms with Gasteiger partial charge in [0.15, 0.2) is 5.78 Å². The minimum atomic E-state index is -1.08. The van der Waals surface area contributed by atoms with E-state index < -0.39 is 6.10 Å². The van der Waals surface area contributed by atoms with E-state index in [2.05, 4.69) is 6.92 Å². The van der Waals surface area contributed by atoms with E-state index in [1.54, 1.807) is 12.1 Å². The fourth-order valence-corrected chi connectivity index (χ4v) is 2.30. The zero-order valence-electron chi connectivity index (χ0n) is 11.8. The van der Waals surface area contributed by atoms with Crippen LogP contribution in [0.5, 0.6) is 0 Å². The van der Waals surface area contributed by atoms with Crippen molar-refractivity contribution in [2.45, 2.75) is 32.3 Å². The third-order valence-electron chi connectivity index (χ3n) is 3.46. The second kappa shape index (κ2) is 7.01. The molecule has 2 nitrogen and oxygen atoms in total. The van der Waals surface area contributed by atoms with Crippen molar-refractivity contribution in [3.05, 3.63) is 71.3 Å². The fourth-order valence-electron chi connectivity index (χ4n) is 2.30. The Hall–Kier alpha value is -1.93. The molecule has 2 aromatic rings. The summed E-state index contributed by atoms with van der Waals surface area (Å²) >= 11 is 0. The van der Waals surface area contributed by atoms with Crippen molar-refractivity contribution >= 4 is 5.78 Å². The predicted octanol–water partition coefficient (Wildman–Crippen LogP) is 3.95. The first kappa shape index (κ1) is 14.5. The molecule has 0 fully saturated rings. The standard InChI is InChI=1S/C18H20O2/c1-2-3-9-14-10-7-8-13-16(14)18(20)17(19)15-11-5-4-6-12-15/h4-8,10-13,18,20H,2-3,9H2,1H3. The maximum atomic E-state index is 12.3. The molecule has 0 bridgehead atoms. The van der Waals surface area contributed by atoms with Gasteiger partial charge in [-0.25, -0.2) is 0 Å². The van der Waals surface area contributed by atoms with E-state index in [-0.39, 0.29) is 5.78 Å². The maximum Gasteiger partial charge on any atom is 0.195 e. The lowest BCUT2D eigenvalue weighted by molar-refractivity contribution is 0.0745. The van der Waals surface area contributed by atoms with E-state index in [4.69, 9.17) is 0 Å². The van der Waals surface area contributed by atoms with Gasteiger partial charge in [-0.05, 0) is 24.0 Å². The molecule has 2 rings (SSSR count). The van der Waals surface area contributed by atoms with Gasteiger partial charge >= 0.3 is 0 Å². The zero-order chi connectivity index (χ0) is 14.4. The molecule has 0 aliphatic carbocycles. The number of Topliss-reactive ketones (excluding diaryl/α,β-unsaturated/α-hetero) is 1. The van der Waals surface area contributed by atoms with Gasteiger partial charge in [-0.2, -0.15) is 0 Å². The molecular formula is C18H20O2. The molecule has 2 aromatic carbocycles. The number of aryl methyl sites for hydroxylation is 1. The van der Waals surface area contributed by atoms with Crippen LogP contribution in [0, 0.1) is 0 Å². The summed E-state index contributed by atoms with van der Waals surface area (Å²) in [7, 11) is 0. The van der Waals surface area contributed by atoms with Crippen LogP contribution in [0.2, 0.25) is 0 Å². The van der Waals surface area contributed by atoms with Gasteiger partial charge in [-0.1, -0.05) is 67.9 Å². The van der Waals surface area contributed by atoms with Crippen LogP contribution in [0.15, 0.2) is 54.6 Å². The van der Waals surface area contributed by atoms with Gasteiger partial charge in [-0.3, -0.25) is 4.79 Å². The number of unbranched alkanes of at least 4 members (excludes halogenated alkanes) is 1. The first-order chi connectivity index (χ1) is 9.74. The molecule has 104 valence electrons. The minimum Gasteiger partial charge on any atom is -0.380 e. The molecule has 20 heavy (non-hydrogen) atoms. The summed E-state index contributed by atoms with van der Waals surface area (Å²) in [6.07, 6.45) is 1.97. The second-order valence-corrected chi connectivity index (χ2v) is 4.94. The van der Waals surface area contributed by atoms with Crippen LogP contribution in [0.1, 0.15) is 47.4 Å². The van der Waals surface area contributed by atoms with Crippen LogP contribution in [0.3, 0.4) is 0 Å². The van der Waals surface area contributed by atoms with Crippen molar-refractivity contribution in [2.24, 2.45) is 0 Å². The predicted molar refractivity (Wildman–Crippen MR) is 80.8 cm³/mol. The third-order valence-corrected chi connectivity index (χ3v) is 3.46. The highest BCUT2D eigenvalue weighted by Crippen LogP contribution is 2.23. The molecule has 0 amide bonds. The number of rotatable bonds is 6. The molecule has 0 saturated carbocycles. The quantitative estimate of drug-likeness (QED) is 0.805. The average molecular weight is 268 g/mol. The third kappa shape index (κ3) is 3.34. The Morgan fingerprint density at radius 1 is 1.05 bits per heavy atom. The number of carbonyl (C=O) groups excluding carboxylic acids is 1. The van der Waals surface area contributed by atoms with Gasteiger partial charge in [0.25, 0.3) is 0 Å². The van der Waals surface area contributed by atoms with Crippen LogP contribution in [0.25, 0.3) is 0 Å². The van der Waals surface area contributed by atoms with Crippen LogP contribution in [-0.4, -0.2) is 10.9 Å². The van der Waals surface area contributed by atoms with E-state index in [0.29, 0.717) is 5.56 Å². The number of aliphatic hydroxyl groups excluding tert-OH is 1. The molecular weight excluding hydrogens is 248 g/mol. The number of hydrogen-bond donors (Lipinski definition) is 1. The van der Waals surface area contributed by atoms with E-state index in [1.165, 1.54) is 0 Å². The second-order valence-electron chi connectivity index (χ2n) is 4.94. The van der Waals surface area contributed by atoms with E-state index in [9.17, 15) is 9.90 Å². The molecule has 0 aliphatic rings. The Morgan fingerprint density at radius 2 is 1.70 bits per heavy atom. The molecule has 2 heteroatoms. The Bertz CT molecular complexity index is 561.